The summed E-state index contributed by atoms with van der Waals surface area (Å²) in [5.74, 6) is 0. The number of hydrogen-bond acceptors (Lipinski definition) is 0. The summed E-state index contributed by atoms with van der Waals surface area (Å²) >= 11 is -1.26. The van der Waals surface area contributed by atoms with Crippen LogP contribution in [-0.4, -0.2) is 19.1 Å². The number of rotatable bonds is 14. The molecule has 0 radical (unpaired) electrons. The molecule has 0 aromatic rings. The van der Waals surface area contributed by atoms with Crippen molar-refractivity contribution in [3.63, 3.8) is 0 Å². The molecule has 0 aromatic heterocycles. The molecule has 0 spiro atoms. The molecule has 0 amide bonds. The normalized spacial score (nSPS) is 11.3. The van der Waals surface area contributed by atoms with Gasteiger partial charge in [0.15, 0.2) is 0 Å². The first-order valence-corrected chi connectivity index (χ1v) is 15.1. The molecule has 0 bridgehead atoms. The zero-order valence-corrected chi connectivity index (χ0v) is 16.0. The second-order valence-corrected chi connectivity index (χ2v) is 13.8. The Bertz CT molecular complexity index is 134. The fourth-order valence-corrected chi connectivity index (χ4v) is 7.72. The summed E-state index contributed by atoms with van der Waals surface area (Å²) in [5.41, 5.74) is 0. The van der Waals surface area contributed by atoms with Gasteiger partial charge in [0.25, 0.3) is 0 Å². The molecule has 0 unspecified atom stereocenters. The second kappa shape index (κ2) is 16.2. The van der Waals surface area contributed by atoms with Crippen molar-refractivity contribution in [1.82, 2.24) is 0 Å². The Hall–Kier alpha value is 1.11. The van der Waals surface area contributed by atoms with Crippen LogP contribution in [0.5, 0.6) is 0 Å². The molecule has 0 heterocycles. The van der Waals surface area contributed by atoms with E-state index in [9.17, 15) is 0 Å². The zero-order chi connectivity index (χ0) is 13.5. The van der Waals surface area contributed by atoms with Crippen LogP contribution in [0.4, 0.5) is 0 Å². The Balaban J connectivity index is 3.10. The van der Waals surface area contributed by atoms with E-state index in [2.05, 4.69) is 13.8 Å². The first-order valence-electron chi connectivity index (χ1n) is 8.22. The molecule has 2 heteroatoms. The van der Waals surface area contributed by atoms with Gasteiger partial charge in [0, 0.05) is 0 Å². The van der Waals surface area contributed by atoms with Crippen LogP contribution in [0.2, 0.25) is 8.73 Å². The van der Waals surface area contributed by atoms with Gasteiger partial charge in [-0.05, 0) is 0 Å². The quantitative estimate of drug-likeness (QED) is 0.225. The van der Waals surface area contributed by atoms with Gasteiger partial charge in [-0.25, -0.2) is 0 Å². The van der Waals surface area contributed by atoms with E-state index in [1.807, 2.05) is 0 Å². The molecule has 0 fully saturated rings. The zero-order valence-electron chi connectivity index (χ0n) is 12.7. The minimum atomic E-state index is -1.26. The second-order valence-electron chi connectivity index (χ2n) is 5.45. The van der Waals surface area contributed by atoms with E-state index in [4.69, 9.17) is 8.83 Å². The van der Waals surface area contributed by atoms with Gasteiger partial charge in [-0.15, -0.1) is 0 Å². The fourth-order valence-electron chi connectivity index (χ4n) is 2.24. The molecule has 0 aromatic carbocycles. The van der Waals surface area contributed by atoms with E-state index in [1.165, 1.54) is 85.8 Å². The molecule has 0 N–H and O–H groups in total. The summed E-state index contributed by atoms with van der Waals surface area (Å²) in [6, 6.07) is 0. The van der Waals surface area contributed by atoms with E-state index < -0.39 is 19.1 Å². The maximum atomic E-state index is 6.54. The Labute approximate surface area is 127 Å². The molecule has 0 nitrogen and oxygen atoms in total. The summed E-state index contributed by atoms with van der Waals surface area (Å²) < 4.78 is 2.84. The number of hydrogen-bond donors (Lipinski definition) is 0. The van der Waals surface area contributed by atoms with Crippen LogP contribution in [0.1, 0.15) is 90.9 Å². The summed E-state index contributed by atoms with van der Waals surface area (Å²) in [4.78, 5) is 0. The van der Waals surface area contributed by atoms with Crippen molar-refractivity contribution >= 4 is 27.9 Å². The van der Waals surface area contributed by atoms with Crippen LogP contribution in [0.15, 0.2) is 0 Å². The van der Waals surface area contributed by atoms with Gasteiger partial charge in [-0.3, -0.25) is 0 Å². The van der Waals surface area contributed by atoms with Crippen LogP contribution in [0.3, 0.4) is 0 Å². The molecular formula is C16H34ClSb. The summed E-state index contributed by atoms with van der Waals surface area (Å²) in [6.07, 6.45) is 17.0. The summed E-state index contributed by atoms with van der Waals surface area (Å²) in [7, 11) is 6.54. The van der Waals surface area contributed by atoms with Crippen LogP contribution in [0.25, 0.3) is 0 Å². The summed E-state index contributed by atoms with van der Waals surface area (Å²) in [6.45, 7) is 4.56. The van der Waals surface area contributed by atoms with Crippen molar-refractivity contribution < 1.29 is 0 Å². The van der Waals surface area contributed by atoms with Gasteiger partial charge in [0.05, 0.1) is 0 Å². The van der Waals surface area contributed by atoms with Gasteiger partial charge in [-0.2, -0.15) is 0 Å². The van der Waals surface area contributed by atoms with Crippen LogP contribution in [-0.2, 0) is 0 Å². The molecule has 0 rings (SSSR count). The minimum absolute atomic E-state index is 1.26. The van der Waals surface area contributed by atoms with E-state index in [-0.39, 0.29) is 0 Å². The topological polar surface area (TPSA) is 0 Å². The number of unbranched alkanes of at least 4 members (excludes halogenated alkanes) is 10. The fraction of sp³-hybridized carbons (Fsp3) is 1.00. The van der Waals surface area contributed by atoms with Gasteiger partial charge in [-0.1, -0.05) is 0 Å². The molecule has 0 atom stereocenters. The molecule has 0 aliphatic heterocycles. The van der Waals surface area contributed by atoms with Crippen molar-refractivity contribution in [2.45, 2.75) is 99.6 Å². The predicted octanol–water partition coefficient (Wildman–Crippen LogP) is 6.94. The van der Waals surface area contributed by atoms with Crippen LogP contribution in [0, 0.1) is 0 Å². The Morgan fingerprint density at radius 2 is 0.889 bits per heavy atom. The first-order chi connectivity index (χ1) is 8.81. The molecule has 0 aliphatic rings. The average Bonchev–Trinajstić information content (AvgIpc) is 2.38. The molecule has 18 heavy (non-hydrogen) atoms. The van der Waals surface area contributed by atoms with Gasteiger partial charge in [0.1, 0.15) is 0 Å². The number of halogens is 1. The van der Waals surface area contributed by atoms with E-state index in [0.29, 0.717) is 0 Å². The molecule has 0 saturated carbocycles. The van der Waals surface area contributed by atoms with Crippen molar-refractivity contribution in [2.24, 2.45) is 0 Å². The predicted molar refractivity (Wildman–Crippen MR) is 88.0 cm³/mol. The third-order valence-corrected chi connectivity index (χ3v) is 10.4. The first kappa shape index (κ1) is 19.1. The third kappa shape index (κ3) is 15.2. The van der Waals surface area contributed by atoms with Gasteiger partial charge < -0.3 is 0 Å². The Morgan fingerprint density at radius 3 is 1.28 bits per heavy atom. The maximum absolute atomic E-state index is 6.54. The Kier molecular flexibility index (Phi) is 17.2. The van der Waals surface area contributed by atoms with Crippen LogP contribution < -0.4 is 0 Å². The van der Waals surface area contributed by atoms with E-state index >= 15 is 0 Å². The monoisotopic (exact) mass is 382 g/mol. The van der Waals surface area contributed by atoms with Crippen LogP contribution >= 0.6 is 8.83 Å². The van der Waals surface area contributed by atoms with Gasteiger partial charge >= 0.3 is 128 Å². The molecule has 0 saturated heterocycles. The molecule has 0 aliphatic carbocycles. The van der Waals surface area contributed by atoms with E-state index in [0.717, 1.165) is 0 Å². The van der Waals surface area contributed by atoms with Crippen molar-refractivity contribution in [3.05, 3.63) is 0 Å². The Morgan fingerprint density at radius 1 is 0.556 bits per heavy atom. The van der Waals surface area contributed by atoms with Crippen molar-refractivity contribution in [2.75, 3.05) is 0 Å². The average molecular weight is 384 g/mol. The van der Waals surface area contributed by atoms with E-state index in [1.54, 1.807) is 0 Å². The SMILES string of the molecule is CCCCCCC[CH2][Sb]([Cl])[CH2]CCCCCCC. The molecule has 110 valence electrons. The van der Waals surface area contributed by atoms with Gasteiger partial charge in [0.2, 0.25) is 0 Å². The standard InChI is InChI=1S/2C8H17.ClH.Sb/c2*1-3-5-7-8-6-4-2;;/h2*1,3-8H2,2H3;1H;/q;;;+1/p-1. The third-order valence-electron chi connectivity index (χ3n) is 3.51. The van der Waals surface area contributed by atoms with Crippen molar-refractivity contribution in [3.8, 4) is 0 Å². The molecular weight excluding hydrogens is 349 g/mol. The van der Waals surface area contributed by atoms with Crippen molar-refractivity contribution in [1.29, 1.82) is 0 Å². The summed E-state index contributed by atoms with van der Waals surface area (Å²) in [5, 5.41) is 0.